The van der Waals surface area contributed by atoms with Gasteiger partial charge in [0.2, 0.25) is 0 Å². The molecule has 8 heteroatoms. The minimum atomic E-state index is -3.47. The van der Waals surface area contributed by atoms with E-state index in [0.29, 0.717) is 22.9 Å². The standard InChI is InChI=1S/C24H19AsN4O3/c30-25(31-23-15-11-21(12-16-23)28-26-19-7-3-1-4-8-19)32-24-17-13-22(14-18-24)29-27-20-9-5-2-6-10-20/h1-18,25H. The van der Waals surface area contributed by atoms with Gasteiger partial charge in [0, 0.05) is 0 Å². The fraction of sp³-hybridized carbons (Fsp3) is 0. The van der Waals surface area contributed by atoms with Crippen molar-refractivity contribution < 1.29 is 11.2 Å². The summed E-state index contributed by atoms with van der Waals surface area (Å²) in [6, 6.07) is 32.6. The van der Waals surface area contributed by atoms with Crippen LogP contribution in [0.15, 0.2) is 130 Å². The van der Waals surface area contributed by atoms with Gasteiger partial charge in [-0.2, -0.15) is 0 Å². The van der Waals surface area contributed by atoms with Gasteiger partial charge in [0.25, 0.3) is 0 Å². The molecular weight excluding hydrogens is 467 g/mol. The Morgan fingerprint density at radius 1 is 0.438 bits per heavy atom. The third-order valence-electron chi connectivity index (χ3n) is 4.15. The maximum atomic E-state index is 12.3. The Kier molecular flexibility index (Phi) is 7.24. The molecule has 0 aliphatic heterocycles. The van der Waals surface area contributed by atoms with E-state index in [1.165, 1.54) is 0 Å². The van der Waals surface area contributed by atoms with Crippen LogP contribution in [-0.4, -0.2) is 15.3 Å². The predicted molar refractivity (Wildman–Crippen MR) is 123 cm³/mol. The van der Waals surface area contributed by atoms with E-state index in [-0.39, 0.29) is 0 Å². The first kappa shape index (κ1) is 21.3. The van der Waals surface area contributed by atoms with Crippen molar-refractivity contribution in [3.8, 4) is 11.5 Å². The zero-order valence-electron chi connectivity index (χ0n) is 16.9. The summed E-state index contributed by atoms with van der Waals surface area (Å²) in [5.74, 6) is 0.892. The molecule has 0 aromatic heterocycles. The van der Waals surface area contributed by atoms with Crippen LogP contribution in [-0.2, 0) is 3.74 Å². The number of benzene rings is 4. The van der Waals surface area contributed by atoms with Crippen LogP contribution in [0.4, 0.5) is 22.7 Å². The molecule has 0 spiro atoms. The van der Waals surface area contributed by atoms with Crippen LogP contribution in [0, 0.1) is 0 Å². The quantitative estimate of drug-likeness (QED) is 0.196. The van der Waals surface area contributed by atoms with Gasteiger partial charge in [-0.05, 0) is 0 Å². The Labute approximate surface area is 190 Å². The van der Waals surface area contributed by atoms with Crippen molar-refractivity contribution in [2.45, 2.75) is 0 Å². The van der Waals surface area contributed by atoms with Crippen molar-refractivity contribution in [3.05, 3.63) is 109 Å². The molecule has 7 nitrogen and oxygen atoms in total. The molecule has 158 valence electrons. The normalized spacial score (nSPS) is 12.1. The van der Waals surface area contributed by atoms with E-state index in [4.69, 9.17) is 7.45 Å². The van der Waals surface area contributed by atoms with Crippen LogP contribution in [0.5, 0.6) is 11.5 Å². The summed E-state index contributed by atoms with van der Waals surface area (Å²) >= 11 is -3.47. The second-order valence-electron chi connectivity index (χ2n) is 6.51. The van der Waals surface area contributed by atoms with Gasteiger partial charge in [0.15, 0.2) is 0 Å². The van der Waals surface area contributed by atoms with Crippen molar-refractivity contribution in [3.63, 3.8) is 0 Å². The van der Waals surface area contributed by atoms with Crippen molar-refractivity contribution in [1.29, 1.82) is 0 Å². The van der Waals surface area contributed by atoms with E-state index >= 15 is 0 Å². The zero-order chi connectivity index (χ0) is 22.0. The first-order chi connectivity index (χ1) is 15.7. The van der Waals surface area contributed by atoms with Gasteiger partial charge in [-0.25, -0.2) is 0 Å². The van der Waals surface area contributed by atoms with Crippen molar-refractivity contribution in [2.75, 3.05) is 0 Å². The molecule has 0 fully saturated rings. The number of azo groups is 2. The molecule has 4 aromatic carbocycles. The van der Waals surface area contributed by atoms with Gasteiger partial charge in [0.05, 0.1) is 0 Å². The van der Waals surface area contributed by atoms with E-state index in [2.05, 4.69) is 20.5 Å². The monoisotopic (exact) mass is 486 g/mol. The Hall–Kier alpha value is -3.96. The maximum absolute atomic E-state index is 12.3. The third-order valence-corrected chi connectivity index (χ3v) is 5.84. The molecule has 32 heavy (non-hydrogen) atoms. The molecular formula is C24H19AsN4O3. The summed E-state index contributed by atoms with van der Waals surface area (Å²) in [5.41, 5.74) is 2.86. The first-order valence-corrected chi connectivity index (χ1v) is 12.3. The van der Waals surface area contributed by atoms with Crippen LogP contribution < -0.4 is 7.45 Å². The van der Waals surface area contributed by atoms with E-state index in [0.717, 1.165) is 11.4 Å². The van der Waals surface area contributed by atoms with Gasteiger partial charge in [0.1, 0.15) is 0 Å². The summed E-state index contributed by atoms with van der Waals surface area (Å²) in [7, 11) is 0. The molecule has 0 atom stereocenters. The van der Waals surface area contributed by atoms with E-state index in [1.807, 2.05) is 60.7 Å². The molecule has 0 heterocycles. The van der Waals surface area contributed by atoms with E-state index in [1.54, 1.807) is 48.5 Å². The summed E-state index contributed by atoms with van der Waals surface area (Å²) in [6.45, 7) is 0. The summed E-state index contributed by atoms with van der Waals surface area (Å²) in [4.78, 5) is 0. The van der Waals surface area contributed by atoms with E-state index in [9.17, 15) is 3.74 Å². The molecule has 0 unspecified atom stereocenters. The average Bonchev–Trinajstić information content (AvgIpc) is 2.84. The Morgan fingerprint density at radius 3 is 1.09 bits per heavy atom. The van der Waals surface area contributed by atoms with Crippen LogP contribution >= 0.6 is 0 Å². The number of nitrogens with zero attached hydrogens (tertiary/aromatic N) is 4. The first-order valence-electron chi connectivity index (χ1n) is 9.78. The van der Waals surface area contributed by atoms with Crippen molar-refractivity contribution >= 4 is 38.0 Å². The Bertz CT molecular complexity index is 1120. The van der Waals surface area contributed by atoms with Gasteiger partial charge >= 0.3 is 190 Å². The van der Waals surface area contributed by atoms with Gasteiger partial charge in [-0.15, -0.1) is 0 Å². The Balaban J connectivity index is 1.29. The van der Waals surface area contributed by atoms with E-state index < -0.39 is 15.3 Å². The van der Waals surface area contributed by atoms with Crippen LogP contribution in [0.3, 0.4) is 0 Å². The van der Waals surface area contributed by atoms with Crippen LogP contribution in [0.1, 0.15) is 0 Å². The molecule has 0 bridgehead atoms. The molecule has 0 saturated heterocycles. The van der Waals surface area contributed by atoms with Crippen molar-refractivity contribution in [2.24, 2.45) is 20.5 Å². The summed E-state index contributed by atoms with van der Waals surface area (Å²) < 4.78 is 23.2. The molecule has 0 aliphatic carbocycles. The third kappa shape index (κ3) is 6.52. The number of hydrogen-bond donors (Lipinski definition) is 0. The SMILES string of the molecule is O=[AsH](Oc1ccc(N=Nc2ccccc2)cc1)Oc1ccc(N=Nc2ccccc2)cc1. The zero-order valence-corrected chi connectivity index (χ0v) is 19.0. The molecule has 0 radical (unpaired) electrons. The molecule has 4 aromatic rings. The number of hydrogen-bond acceptors (Lipinski definition) is 7. The topological polar surface area (TPSA) is 85.0 Å². The van der Waals surface area contributed by atoms with Crippen LogP contribution in [0.25, 0.3) is 0 Å². The van der Waals surface area contributed by atoms with Gasteiger partial charge in [-0.3, -0.25) is 0 Å². The molecule has 0 amide bonds. The molecule has 0 N–H and O–H groups in total. The summed E-state index contributed by atoms with van der Waals surface area (Å²) in [5, 5.41) is 16.6. The van der Waals surface area contributed by atoms with Crippen LogP contribution in [0.2, 0.25) is 0 Å². The molecule has 0 aliphatic rings. The molecule has 4 rings (SSSR count). The minimum absolute atomic E-state index is 0.446. The van der Waals surface area contributed by atoms with Crippen molar-refractivity contribution in [1.82, 2.24) is 0 Å². The average molecular weight is 486 g/mol. The molecule has 0 saturated carbocycles. The predicted octanol–water partition coefficient (Wildman–Crippen LogP) is 7.12. The van der Waals surface area contributed by atoms with Gasteiger partial charge in [-0.1, -0.05) is 0 Å². The fourth-order valence-electron chi connectivity index (χ4n) is 2.60. The van der Waals surface area contributed by atoms with Gasteiger partial charge < -0.3 is 0 Å². The number of rotatable bonds is 8. The second-order valence-corrected chi connectivity index (χ2v) is 8.42. The second kappa shape index (κ2) is 10.9. The Morgan fingerprint density at radius 2 is 0.750 bits per heavy atom. The fourth-order valence-corrected chi connectivity index (χ4v) is 4.06. The summed E-state index contributed by atoms with van der Waals surface area (Å²) in [6.07, 6.45) is 0.